The van der Waals surface area contributed by atoms with Crippen LogP contribution in [0.2, 0.25) is 0 Å². The maximum Gasteiger partial charge on any atom is 0.251 e. The average molecular weight is 379 g/mol. The summed E-state index contributed by atoms with van der Waals surface area (Å²) in [7, 11) is 0. The molecule has 28 heavy (non-hydrogen) atoms. The largest absolute Gasteiger partial charge is 0.491 e. The molecule has 0 aliphatic carbocycles. The number of carbonyl (C=O) groups excluding carboxylic acids is 1. The van der Waals surface area contributed by atoms with Gasteiger partial charge in [0.25, 0.3) is 5.91 Å². The molecule has 1 amide bonds. The predicted molar refractivity (Wildman–Crippen MR) is 108 cm³/mol. The van der Waals surface area contributed by atoms with E-state index in [0.717, 1.165) is 43.4 Å². The number of imidazole rings is 1. The van der Waals surface area contributed by atoms with E-state index in [0.29, 0.717) is 24.5 Å². The summed E-state index contributed by atoms with van der Waals surface area (Å²) in [6.45, 7) is 2.76. The Hall–Kier alpha value is -2.86. The third-order valence-electron chi connectivity index (χ3n) is 4.94. The van der Waals surface area contributed by atoms with Crippen molar-refractivity contribution in [3.63, 3.8) is 0 Å². The first-order chi connectivity index (χ1) is 13.8. The summed E-state index contributed by atoms with van der Waals surface area (Å²) in [5.41, 5.74) is 2.72. The topological polar surface area (TPSA) is 65.4 Å². The first-order valence-corrected chi connectivity index (χ1v) is 9.82. The Bertz CT molecular complexity index is 931. The Morgan fingerprint density at radius 2 is 2.18 bits per heavy atom. The fourth-order valence-electron chi connectivity index (χ4n) is 3.43. The van der Waals surface area contributed by atoms with Crippen molar-refractivity contribution in [3.8, 4) is 5.75 Å². The molecule has 1 aliphatic rings. The highest BCUT2D eigenvalue weighted by atomic mass is 16.5. The highest BCUT2D eigenvalue weighted by Crippen LogP contribution is 2.17. The molecule has 0 spiro atoms. The third kappa shape index (κ3) is 4.51. The van der Waals surface area contributed by atoms with Crippen LogP contribution in [-0.4, -0.2) is 41.3 Å². The molecule has 146 valence electrons. The number of aryl methyl sites for hydroxylation is 1. The zero-order valence-corrected chi connectivity index (χ0v) is 15.8. The van der Waals surface area contributed by atoms with Crippen molar-refractivity contribution in [2.24, 2.45) is 0 Å². The molecule has 1 unspecified atom stereocenters. The number of amides is 1. The molecule has 2 heterocycles. The van der Waals surface area contributed by atoms with Gasteiger partial charge in [-0.2, -0.15) is 0 Å². The van der Waals surface area contributed by atoms with E-state index in [1.807, 2.05) is 36.7 Å². The Morgan fingerprint density at radius 1 is 1.25 bits per heavy atom. The van der Waals surface area contributed by atoms with Crippen LogP contribution in [0.25, 0.3) is 11.0 Å². The fraction of sp³-hybridized carbons (Fsp3) is 0.364. The van der Waals surface area contributed by atoms with Gasteiger partial charge in [0, 0.05) is 25.3 Å². The summed E-state index contributed by atoms with van der Waals surface area (Å²) in [6, 6.07) is 15.4. The van der Waals surface area contributed by atoms with Crippen LogP contribution >= 0.6 is 0 Å². The molecule has 2 aromatic carbocycles. The molecular formula is C22H25N3O3. The smallest absolute Gasteiger partial charge is 0.251 e. The lowest BCUT2D eigenvalue weighted by atomic mass is 10.2. The molecule has 6 nitrogen and oxygen atoms in total. The number of benzene rings is 2. The van der Waals surface area contributed by atoms with E-state index in [2.05, 4.69) is 20.9 Å². The number of aromatic nitrogens is 2. The van der Waals surface area contributed by atoms with Crippen molar-refractivity contribution in [3.05, 3.63) is 60.4 Å². The molecule has 6 heteroatoms. The molecule has 1 aliphatic heterocycles. The number of hydrogen-bond acceptors (Lipinski definition) is 4. The number of nitrogens with one attached hydrogen (secondary N) is 1. The molecule has 1 saturated heterocycles. The summed E-state index contributed by atoms with van der Waals surface area (Å²) in [5, 5.41) is 2.98. The van der Waals surface area contributed by atoms with E-state index in [9.17, 15) is 4.79 Å². The van der Waals surface area contributed by atoms with Crippen LogP contribution < -0.4 is 10.1 Å². The van der Waals surface area contributed by atoms with Gasteiger partial charge in [-0.3, -0.25) is 4.79 Å². The van der Waals surface area contributed by atoms with Gasteiger partial charge in [0.05, 0.1) is 23.5 Å². The standard InChI is InChI=1S/C22H25N3O3/c26-22(17-6-3-7-18(14-17)28-15-19-8-4-13-27-19)23-11-5-12-25-16-24-20-9-1-2-10-21(20)25/h1-3,6-7,9-10,14,16,19H,4-5,8,11-13,15H2,(H,23,26). The van der Waals surface area contributed by atoms with Gasteiger partial charge in [-0.05, 0) is 49.6 Å². The van der Waals surface area contributed by atoms with E-state index in [-0.39, 0.29) is 12.0 Å². The number of carbonyl (C=O) groups is 1. The van der Waals surface area contributed by atoms with E-state index in [1.165, 1.54) is 0 Å². The van der Waals surface area contributed by atoms with Gasteiger partial charge in [0.2, 0.25) is 0 Å². The molecular weight excluding hydrogens is 354 g/mol. The molecule has 1 atom stereocenters. The van der Waals surface area contributed by atoms with Crippen molar-refractivity contribution < 1.29 is 14.3 Å². The van der Waals surface area contributed by atoms with E-state index < -0.39 is 0 Å². The van der Waals surface area contributed by atoms with Gasteiger partial charge in [0.15, 0.2) is 0 Å². The van der Waals surface area contributed by atoms with Crippen LogP contribution in [0.1, 0.15) is 29.6 Å². The summed E-state index contributed by atoms with van der Waals surface area (Å²) >= 11 is 0. The SMILES string of the molecule is O=C(NCCCn1cnc2ccccc21)c1cccc(OCC2CCCO2)c1. The fourth-order valence-corrected chi connectivity index (χ4v) is 3.43. The molecule has 1 aromatic heterocycles. The lowest BCUT2D eigenvalue weighted by molar-refractivity contribution is 0.0679. The minimum Gasteiger partial charge on any atom is -0.491 e. The van der Waals surface area contributed by atoms with Crippen molar-refractivity contribution in [2.75, 3.05) is 19.8 Å². The van der Waals surface area contributed by atoms with Crippen LogP contribution in [0.15, 0.2) is 54.9 Å². The van der Waals surface area contributed by atoms with E-state index in [1.54, 1.807) is 12.1 Å². The van der Waals surface area contributed by atoms with Crippen molar-refractivity contribution in [1.82, 2.24) is 14.9 Å². The van der Waals surface area contributed by atoms with Crippen molar-refractivity contribution >= 4 is 16.9 Å². The van der Waals surface area contributed by atoms with Crippen molar-refractivity contribution in [2.45, 2.75) is 31.9 Å². The molecule has 0 bridgehead atoms. The minimum atomic E-state index is -0.0851. The number of ether oxygens (including phenoxy) is 2. The Morgan fingerprint density at radius 3 is 3.07 bits per heavy atom. The molecule has 1 N–H and O–H groups in total. The lowest BCUT2D eigenvalue weighted by Gasteiger charge is -2.12. The van der Waals surface area contributed by atoms with Crippen LogP contribution in [0, 0.1) is 0 Å². The van der Waals surface area contributed by atoms with Gasteiger partial charge in [-0.25, -0.2) is 4.98 Å². The van der Waals surface area contributed by atoms with Crippen LogP contribution in [0.4, 0.5) is 0 Å². The Labute approximate surface area is 164 Å². The highest BCUT2D eigenvalue weighted by Gasteiger charge is 2.16. The second-order valence-electron chi connectivity index (χ2n) is 7.01. The molecule has 4 rings (SSSR count). The van der Waals surface area contributed by atoms with E-state index >= 15 is 0 Å². The molecule has 0 saturated carbocycles. The third-order valence-corrected chi connectivity index (χ3v) is 4.94. The number of rotatable bonds is 8. The lowest BCUT2D eigenvalue weighted by Crippen LogP contribution is -2.25. The second kappa shape index (κ2) is 8.89. The monoisotopic (exact) mass is 379 g/mol. The molecule has 0 radical (unpaired) electrons. The van der Waals surface area contributed by atoms with Gasteiger partial charge in [-0.15, -0.1) is 0 Å². The van der Waals surface area contributed by atoms with Gasteiger partial charge >= 0.3 is 0 Å². The van der Waals surface area contributed by atoms with E-state index in [4.69, 9.17) is 9.47 Å². The molecule has 1 fully saturated rings. The summed E-state index contributed by atoms with van der Waals surface area (Å²) in [4.78, 5) is 16.8. The van der Waals surface area contributed by atoms with Gasteiger partial charge < -0.3 is 19.4 Å². The highest BCUT2D eigenvalue weighted by molar-refractivity contribution is 5.94. The number of para-hydroxylation sites is 2. The molecule has 3 aromatic rings. The average Bonchev–Trinajstić information content (AvgIpc) is 3.40. The Balaban J connectivity index is 1.25. The quantitative estimate of drug-likeness (QED) is 0.609. The predicted octanol–water partition coefficient (Wildman–Crippen LogP) is 3.41. The normalized spacial score (nSPS) is 16.4. The van der Waals surface area contributed by atoms with Crippen LogP contribution in [0.5, 0.6) is 5.75 Å². The van der Waals surface area contributed by atoms with Gasteiger partial charge in [-0.1, -0.05) is 18.2 Å². The number of fused-ring (bicyclic) bond motifs is 1. The van der Waals surface area contributed by atoms with Crippen LogP contribution in [0.3, 0.4) is 0 Å². The first kappa shape index (κ1) is 18.5. The first-order valence-electron chi connectivity index (χ1n) is 9.82. The zero-order valence-electron chi connectivity index (χ0n) is 15.8. The Kier molecular flexibility index (Phi) is 5.87. The maximum atomic E-state index is 12.4. The maximum absolute atomic E-state index is 12.4. The van der Waals surface area contributed by atoms with Crippen LogP contribution in [-0.2, 0) is 11.3 Å². The summed E-state index contributed by atoms with van der Waals surface area (Å²) < 4.78 is 13.5. The summed E-state index contributed by atoms with van der Waals surface area (Å²) in [6.07, 6.45) is 4.97. The van der Waals surface area contributed by atoms with Gasteiger partial charge in [0.1, 0.15) is 12.4 Å². The van der Waals surface area contributed by atoms with Crippen molar-refractivity contribution in [1.29, 1.82) is 0 Å². The second-order valence-corrected chi connectivity index (χ2v) is 7.01. The number of nitrogens with zero attached hydrogens (tertiary/aromatic N) is 2. The minimum absolute atomic E-state index is 0.0851. The summed E-state index contributed by atoms with van der Waals surface area (Å²) in [5.74, 6) is 0.617. The zero-order chi connectivity index (χ0) is 19.2. The number of hydrogen-bond donors (Lipinski definition) is 1.